The molecule has 2 rings (SSSR count). The maximum absolute atomic E-state index is 6.14. The second kappa shape index (κ2) is 6.24. The summed E-state index contributed by atoms with van der Waals surface area (Å²) in [7, 11) is 0. The van der Waals surface area contributed by atoms with Crippen LogP contribution < -0.4 is 4.74 Å². The number of aromatic nitrogens is 3. The molecule has 0 aliphatic heterocycles. The zero-order chi connectivity index (χ0) is 14.7. The highest BCUT2D eigenvalue weighted by atomic mass is 35.5. The van der Waals surface area contributed by atoms with Crippen molar-refractivity contribution in [3.63, 3.8) is 0 Å². The number of aryl methyl sites for hydroxylation is 1. The Kier molecular flexibility index (Phi) is 4.62. The van der Waals surface area contributed by atoms with Gasteiger partial charge in [-0.2, -0.15) is 5.10 Å². The van der Waals surface area contributed by atoms with Gasteiger partial charge in [-0.05, 0) is 43.8 Å². The van der Waals surface area contributed by atoms with E-state index in [1.807, 2.05) is 36.6 Å². The molecular formula is C14H16ClN3OS. The van der Waals surface area contributed by atoms with Gasteiger partial charge in [0, 0.05) is 6.54 Å². The monoisotopic (exact) mass is 309 g/mol. The summed E-state index contributed by atoms with van der Waals surface area (Å²) in [6.45, 7) is 8.19. The number of nitrogens with one attached hydrogen (secondary N) is 1. The summed E-state index contributed by atoms with van der Waals surface area (Å²) in [4.78, 5) is 0. The second-order valence-electron chi connectivity index (χ2n) is 4.48. The number of aromatic amines is 1. The van der Waals surface area contributed by atoms with Gasteiger partial charge in [-0.25, -0.2) is 0 Å². The molecule has 1 atom stereocenters. The Hall–Kier alpha value is -1.59. The standard InChI is InChI=1S/C14H16ClN3OS/c1-4-7-18-13(16-17-14(18)20)10(3)19-12-8-9(2)5-6-11(12)15/h4-6,8,10H,1,7H2,2-3H3,(H,17,20)/t10-/m1/s1. The molecule has 0 amide bonds. The zero-order valence-corrected chi connectivity index (χ0v) is 13.0. The van der Waals surface area contributed by atoms with Gasteiger partial charge in [0.1, 0.15) is 5.75 Å². The molecule has 0 fully saturated rings. The van der Waals surface area contributed by atoms with Gasteiger partial charge in [0.15, 0.2) is 16.7 Å². The van der Waals surface area contributed by atoms with Gasteiger partial charge < -0.3 is 4.74 Å². The van der Waals surface area contributed by atoms with E-state index in [2.05, 4.69) is 16.8 Å². The molecule has 1 N–H and O–H groups in total. The van der Waals surface area contributed by atoms with Gasteiger partial charge in [-0.1, -0.05) is 23.7 Å². The summed E-state index contributed by atoms with van der Waals surface area (Å²) in [6.07, 6.45) is 1.49. The number of halogens is 1. The van der Waals surface area contributed by atoms with Crippen LogP contribution in [0.25, 0.3) is 0 Å². The summed E-state index contributed by atoms with van der Waals surface area (Å²) < 4.78 is 8.29. The lowest BCUT2D eigenvalue weighted by Crippen LogP contribution is -2.12. The SMILES string of the molecule is C=CCn1c([C@@H](C)Oc2cc(C)ccc2Cl)n[nH]c1=S. The van der Waals surface area contributed by atoms with Gasteiger partial charge in [-0.15, -0.1) is 6.58 Å². The van der Waals surface area contributed by atoms with E-state index >= 15 is 0 Å². The number of rotatable bonds is 5. The highest BCUT2D eigenvalue weighted by Crippen LogP contribution is 2.29. The average molecular weight is 310 g/mol. The molecule has 0 radical (unpaired) electrons. The van der Waals surface area contributed by atoms with Gasteiger partial charge in [0.05, 0.1) is 5.02 Å². The number of nitrogens with zero attached hydrogens (tertiary/aromatic N) is 2. The van der Waals surface area contributed by atoms with Gasteiger partial charge >= 0.3 is 0 Å². The minimum Gasteiger partial charge on any atom is -0.481 e. The topological polar surface area (TPSA) is 42.8 Å². The van der Waals surface area contributed by atoms with E-state index in [0.717, 1.165) is 5.56 Å². The van der Waals surface area contributed by atoms with E-state index in [1.165, 1.54) is 0 Å². The molecule has 0 saturated carbocycles. The Balaban J connectivity index is 2.28. The van der Waals surface area contributed by atoms with E-state index in [4.69, 9.17) is 28.6 Å². The van der Waals surface area contributed by atoms with Crippen molar-refractivity contribution in [3.05, 3.63) is 52.0 Å². The molecule has 0 aliphatic rings. The van der Waals surface area contributed by atoms with Gasteiger partial charge in [0.2, 0.25) is 0 Å². The number of benzene rings is 1. The molecule has 0 bridgehead atoms. The van der Waals surface area contributed by atoms with Crippen molar-refractivity contribution < 1.29 is 4.74 Å². The van der Waals surface area contributed by atoms with Gasteiger partial charge in [0.25, 0.3) is 0 Å². The molecule has 1 aromatic carbocycles. The van der Waals surface area contributed by atoms with Crippen molar-refractivity contribution in [2.24, 2.45) is 0 Å². The molecular weight excluding hydrogens is 294 g/mol. The van der Waals surface area contributed by atoms with Crippen LogP contribution in [0.15, 0.2) is 30.9 Å². The minimum absolute atomic E-state index is 0.276. The van der Waals surface area contributed by atoms with E-state index in [0.29, 0.717) is 27.9 Å². The van der Waals surface area contributed by atoms with E-state index in [1.54, 1.807) is 6.08 Å². The number of allylic oxidation sites excluding steroid dienone is 1. The van der Waals surface area contributed by atoms with Crippen molar-refractivity contribution in [1.29, 1.82) is 0 Å². The molecule has 0 unspecified atom stereocenters. The lowest BCUT2D eigenvalue weighted by Gasteiger charge is -2.16. The maximum atomic E-state index is 6.14. The van der Waals surface area contributed by atoms with Crippen LogP contribution in [0.3, 0.4) is 0 Å². The Labute approximate surface area is 128 Å². The van der Waals surface area contributed by atoms with Crippen LogP contribution in [0.2, 0.25) is 5.02 Å². The Morgan fingerprint density at radius 1 is 1.60 bits per heavy atom. The fourth-order valence-electron chi connectivity index (χ4n) is 1.89. The predicted octanol–water partition coefficient (Wildman–Crippen LogP) is 4.23. The van der Waals surface area contributed by atoms with E-state index in [9.17, 15) is 0 Å². The maximum Gasteiger partial charge on any atom is 0.195 e. The summed E-state index contributed by atoms with van der Waals surface area (Å²) in [5.74, 6) is 1.35. The van der Waals surface area contributed by atoms with E-state index < -0.39 is 0 Å². The Morgan fingerprint density at radius 2 is 2.35 bits per heavy atom. The summed E-state index contributed by atoms with van der Waals surface area (Å²) in [5.41, 5.74) is 1.08. The number of ether oxygens (including phenoxy) is 1. The fourth-order valence-corrected chi connectivity index (χ4v) is 2.27. The summed E-state index contributed by atoms with van der Waals surface area (Å²) >= 11 is 11.3. The molecule has 1 aromatic heterocycles. The first kappa shape index (κ1) is 14.8. The van der Waals surface area contributed by atoms with Gasteiger partial charge in [-0.3, -0.25) is 9.67 Å². The van der Waals surface area contributed by atoms with Crippen molar-refractivity contribution in [1.82, 2.24) is 14.8 Å². The smallest absolute Gasteiger partial charge is 0.195 e. The number of hydrogen-bond acceptors (Lipinski definition) is 3. The highest BCUT2D eigenvalue weighted by molar-refractivity contribution is 7.71. The molecule has 6 heteroatoms. The lowest BCUT2D eigenvalue weighted by molar-refractivity contribution is 0.211. The van der Waals surface area contributed by atoms with Crippen LogP contribution in [0.5, 0.6) is 5.75 Å². The molecule has 1 heterocycles. The van der Waals surface area contributed by atoms with Crippen LogP contribution in [-0.4, -0.2) is 14.8 Å². The summed E-state index contributed by atoms with van der Waals surface area (Å²) in [5, 5.41) is 7.56. The minimum atomic E-state index is -0.276. The highest BCUT2D eigenvalue weighted by Gasteiger charge is 2.16. The van der Waals surface area contributed by atoms with Crippen LogP contribution in [0.1, 0.15) is 24.4 Å². The first-order chi connectivity index (χ1) is 9.52. The van der Waals surface area contributed by atoms with Crippen molar-refractivity contribution >= 4 is 23.8 Å². The number of H-pyrrole nitrogens is 1. The molecule has 20 heavy (non-hydrogen) atoms. The third-order valence-electron chi connectivity index (χ3n) is 2.85. The van der Waals surface area contributed by atoms with Crippen molar-refractivity contribution in [2.45, 2.75) is 26.5 Å². The predicted molar refractivity (Wildman–Crippen MR) is 82.8 cm³/mol. The van der Waals surface area contributed by atoms with Crippen LogP contribution >= 0.6 is 23.8 Å². The third-order valence-corrected chi connectivity index (χ3v) is 3.48. The average Bonchev–Trinajstić information content (AvgIpc) is 2.76. The molecule has 0 spiro atoms. The largest absolute Gasteiger partial charge is 0.481 e. The fraction of sp³-hybridized carbons (Fsp3) is 0.286. The quantitative estimate of drug-likeness (QED) is 0.664. The normalized spacial score (nSPS) is 12.2. The second-order valence-corrected chi connectivity index (χ2v) is 5.27. The number of hydrogen-bond donors (Lipinski definition) is 1. The Bertz CT molecular complexity index is 677. The van der Waals surface area contributed by atoms with Crippen molar-refractivity contribution in [2.75, 3.05) is 0 Å². The van der Waals surface area contributed by atoms with Crippen LogP contribution in [0.4, 0.5) is 0 Å². The lowest BCUT2D eigenvalue weighted by atomic mass is 10.2. The van der Waals surface area contributed by atoms with Crippen molar-refractivity contribution in [3.8, 4) is 5.75 Å². The van der Waals surface area contributed by atoms with Crippen LogP contribution in [-0.2, 0) is 6.54 Å². The Morgan fingerprint density at radius 3 is 3.05 bits per heavy atom. The zero-order valence-electron chi connectivity index (χ0n) is 11.4. The molecule has 0 aliphatic carbocycles. The molecule has 2 aromatic rings. The van der Waals surface area contributed by atoms with Crippen LogP contribution in [0, 0.1) is 11.7 Å². The first-order valence-corrected chi connectivity index (χ1v) is 7.00. The first-order valence-electron chi connectivity index (χ1n) is 6.21. The molecule has 106 valence electrons. The molecule has 0 saturated heterocycles. The summed E-state index contributed by atoms with van der Waals surface area (Å²) in [6, 6.07) is 5.66. The molecule has 4 nitrogen and oxygen atoms in total. The third kappa shape index (κ3) is 3.11. The van der Waals surface area contributed by atoms with E-state index in [-0.39, 0.29) is 6.10 Å².